The molecular weight excluding hydrogens is 585 g/mol. The van der Waals surface area contributed by atoms with Crippen LogP contribution in [0.2, 0.25) is 58.9 Å². The first kappa shape index (κ1) is 35.8. The van der Waals surface area contributed by atoms with E-state index in [1.54, 1.807) is 0 Å². The molecule has 0 aromatic heterocycles. The Kier molecular flexibility index (Phi) is 10.7. The third kappa shape index (κ3) is 7.94. The van der Waals surface area contributed by atoms with E-state index in [-0.39, 0.29) is 11.4 Å². The van der Waals surface area contributed by atoms with Gasteiger partial charge in [-0.3, -0.25) is 4.79 Å². The van der Waals surface area contributed by atoms with Crippen LogP contribution in [0.1, 0.15) is 85.0 Å². The maximum absolute atomic E-state index is 11.9. The van der Waals surface area contributed by atoms with Crippen LogP contribution < -0.4 is 0 Å². The summed E-state index contributed by atoms with van der Waals surface area (Å²) >= 11 is 0. The molecular formula is C35H68O5Si3. The lowest BCUT2D eigenvalue weighted by molar-refractivity contribution is -0.199. The van der Waals surface area contributed by atoms with E-state index in [9.17, 15) is 4.79 Å². The van der Waals surface area contributed by atoms with Crippen molar-refractivity contribution in [2.45, 2.75) is 162 Å². The van der Waals surface area contributed by atoms with Crippen LogP contribution in [0.5, 0.6) is 0 Å². The fourth-order valence-corrected chi connectivity index (χ4v) is 14.3. The van der Waals surface area contributed by atoms with Crippen LogP contribution in [0.3, 0.4) is 0 Å². The minimum atomic E-state index is -1.78. The molecule has 4 saturated carbocycles. The molecule has 4 aliphatic carbocycles. The van der Waals surface area contributed by atoms with Crippen molar-refractivity contribution in [2.75, 3.05) is 7.11 Å². The minimum Gasteiger partial charge on any atom is -0.469 e. The molecule has 8 unspecified atom stereocenters. The fourth-order valence-electron chi connectivity index (χ4n) is 10.7. The predicted octanol–water partition coefficient (Wildman–Crippen LogP) is 9.50. The van der Waals surface area contributed by atoms with Crippen LogP contribution in [-0.2, 0) is 22.8 Å². The number of rotatable bonds is 11. The quantitative estimate of drug-likeness (QED) is 0.164. The summed E-state index contributed by atoms with van der Waals surface area (Å²) in [5.74, 6) is 3.67. The standard InChI is InChI=1S/C35H68O5Si3/c1-24(15-14-16-32(36)37-4)27-17-18-28-33-29(23-31(35(27,28)3)40-43(11,12)13)34(2)20-19-26(38-41(5,6)7)21-25(34)22-30(33)39-42(8,9)10/h24-31,33H,14-23H2,1-13H3/t24?,25-,26+,27?,28?,29?,30?,31-,33?,34?,35?/m0/s1. The Labute approximate surface area is 268 Å². The predicted molar refractivity (Wildman–Crippen MR) is 186 cm³/mol. The average molecular weight is 653 g/mol. The summed E-state index contributed by atoms with van der Waals surface area (Å²) in [6.07, 6.45) is 12.3. The van der Waals surface area contributed by atoms with Crippen molar-refractivity contribution in [1.29, 1.82) is 0 Å². The molecule has 0 aromatic carbocycles. The Balaban J connectivity index is 1.70. The summed E-state index contributed by atoms with van der Waals surface area (Å²) < 4.78 is 26.4. The molecule has 43 heavy (non-hydrogen) atoms. The maximum Gasteiger partial charge on any atom is 0.305 e. The molecule has 4 fully saturated rings. The molecule has 4 aliphatic rings. The molecule has 250 valence electrons. The lowest BCUT2D eigenvalue weighted by Crippen LogP contribution is -2.64. The SMILES string of the molecule is COC(=O)CCCC(C)C1CCC2C3C(O[Si](C)(C)C)C[C@@H]4C[C@H](O[Si](C)(C)C)CCC4(C)C3C[C@H](O[Si](C)(C)C)C12C. The number of esters is 1. The van der Waals surface area contributed by atoms with Gasteiger partial charge in [0.25, 0.3) is 0 Å². The molecule has 0 amide bonds. The van der Waals surface area contributed by atoms with Crippen molar-refractivity contribution in [3.63, 3.8) is 0 Å². The van der Waals surface area contributed by atoms with Crippen molar-refractivity contribution in [3.8, 4) is 0 Å². The highest BCUT2D eigenvalue weighted by molar-refractivity contribution is 6.70. The number of hydrogen-bond acceptors (Lipinski definition) is 5. The van der Waals surface area contributed by atoms with Gasteiger partial charge in [-0.05, 0) is 163 Å². The highest BCUT2D eigenvalue weighted by atomic mass is 28.4. The summed E-state index contributed by atoms with van der Waals surface area (Å²) in [5, 5.41) is 0. The van der Waals surface area contributed by atoms with Crippen LogP contribution in [0.15, 0.2) is 0 Å². The smallest absolute Gasteiger partial charge is 0.305 e. The van der Waals surface area contributed by atoms with E-state index < -0.39 is 25.0 Å². The summed E-state index contributed by atoms with van der Waals surface area (Å²) in [4.78, 5) is 11.9. The second-order valence-corrected chi connectivity index (χ2v) is 32.0. The number of ether oxygens (including phenoxy) is 1. The summed E-state index contributed by atoms with van der Waals surface area (Å²) in [7, 11) is -3.60. The van der Waals surface area contributed by atoms with E-state index in [1.165, 1.54) is 52.1 Å². The van der Waals surface area contributed by atoms with Gasteiger partial charge in [-0.25, -0.2) is 0 Å². The lowest BCUT2D eigenvalue weighted by Gasteiger charge is -2.66. The first-order valence-corrected chi connectivity index (χ1v) is 28.0. The van der Waals surface area contributed by atoms with Gasteiger partial charge in [-0.15, -0.1) is 0 Å². The molecule has 0 bridgehead atoms. The largest absolute Gasteiger partial charge is 0.469 e. The fraction of sp³-hybridized carbons (Fsp3) is 0.971. The molecule has 0 spiro atoms. The van der Waals surface area contributed by atoms with Gasteiger partial charge in [-0.2, -0.15) is 0 Å². The van der Waals surface area contributed by atoms with Crippen molar-refractivity contribution in [1.82, 2.24) is 0 Å². The molecule has 0 saturated heterocycles. The van der Waals surface area contributed by atoms with Crippen LogP contribution in [0, 0.1) is 46.3 Å². The number of hydrogen-bond donors (Lipinski definition) is 0. The zero-order valence-corrected chi connectivity index (χ0v) is 33.3. The average Bonchev–Trinajstić information content (AvgIpc) is 3.20. The first-order chi connectivity index (χ1) is 19.7. The van der Waals surface area contributed by atoms with Crippen LogP contribution in [0.4, 0.5) is 0 Å². The van der Waals surface area contributed by atoms with Gasteiger partial charge in [-0.1, -0.05) is 20.8 Å². The number of carbonyl (C=O) groups is 1. The molecule has 0 aliphatic heterocycles. The molecule has 0 aromatic rings. The van der Waals surface area contributed by atoms with E-state index in [1.807, 2.05) is 0 Å². The highest BCUT2D eigenvalue weighted by Gasteiger charge is 2.67. The zero-order chi connectivity index (χ0) is 32.2. The first-order valence-electron chi connectivity index (χ1n) is 17.8. The maximum atomic E-state index is 11.9. The van der Waals surface area contributed by atoms with E-state index >= 15 is 0 Å². The molecule has 4 rings (SSSR count). The van der Waals surface area contributed by atoms with Gasteiger partial charge in [0.1, 0.15) is 0 Å². The van der Waals surface area contributed by atoms with E-state index in [0.717, 1.165) is 12.8 Å². The molecule has 0 heterocycles. The van der Waals surface area contributed by atoms with Gasteiger partial charge < -0.3 is 18.0 Å². The van der Waals surface area contributed by atoms with Crippen LogP contribution in [-0.4, -0.2) is 56.3 Å². The minimum absolute atomic E-state index is 0.0792. The lowest BCUT2D eigenvalue weighted by atomic mass is 9.43. The number of methoxy groups -OCH3 is 1. The summed E-state index contributed by atoms with van der Waals surface area (Å²) in [6.45, 7) is 29.2. The molecule has 0 radical (unpaired) electrons. The summed E-state index contributed by atoms with van der Waals surface area (Å²) in [6, 6.07) is 0. The van der Waals surface area contributed by atoms with Gasteiger partial charge in [0, 0.05) is 18.6 Å². The second kappa shape index (κ2) is 12.9. The van der Waals surface area contributed by atoms with Gasteiger partial charge >= 0.3 is 5.97 Å². The third-order valence-corrected chi connectivity index (χ3v) is 15.3. The van der Waals surface area contributed by atoms with E-state index in [4.69, 9.17) is 18.0 Å². The molecule has 5 nitrogen and oxygen atoms in total. The normalized spacial score (nSPS) is 40.8. The monoisotopic (exact) mass is 652 g/mol. The third-order valence-electron chi connectivity index (χ3n) is 12.2. The van der Waals surface area contributed by atoms with Gasteiger partial charge in [0.2, 0.25) is 0 Å². The van der Waals surface area contributed by atoms with Crippen molar-refractivity contribution < 1.29 is 22.8 Å². The Bertz CT molecular complexity index is 970. The van der Waals surface area contributed by atoms with Crippen molar-refractivity contribution >= 4 is 30.9 Å². The highest BCUT2D eigenvalue weighted by Crippen LogP contribution is 2.69. The van der Waals surface area contributed by atoms with Gasteiger partial charge in [0.15, 0.2) is 25.0 Å². The second-order valence-electron chi connectivity index (χ2n) is 18.6. The Morgan fingerprint density at radius 3 is 2.02 bits per heavy atom. The summed E-state index contributed by atoms with van der Waals surface area (Å²) in [5.41, 5.74) is 0.477. The Morgan fingerprint density at radius 1 is 0.814 bits per heavy atom. The van der Waals surface area contributed by atoms with Crippen LogP contribution in [0.25, 0.3) is 0 Å². The topological polar surface area (TPSA) is 54.0 Å². The van der Waals surface area contributed by atoms with E-state index in [0.29, 0.717) is 65.7 Å². The Hall–Kier alpha value is 0.000649. The molecule has 0 N–H and O–H groups in total. The van der Waals surface area contributed by atoms with E-state index in [2.05, 4.69) is 79.7 Å². The van der Waals surface area contributed by atoms with Gasteiger partial charge in [0.05, 0.1) is 13.2 Å². The van der Waals surface area contributed by atoms with Crippen LogP contribution >= 0.6 is 0 Å². The molecule has 11 atom stereocenters. The molecule has 8 heteroatoms. The number of fused-ring (bicyclic) bond motifs is 5. The van der Waals surface area contributed by atoms with Crippen molar-refractivity contribution in [2.24, 2.45) is 46.3 Å². The zero-order valence-electron chi connectivity index (χ0n) is 30.3. The number of carbonyl (C=O) groups excluding carboxylic acids is 1. The van der Waals surface area contributed by atoms with Crippen molar-refractivity contribution in [3.05, 3.63) is 0 Å². The Morgan fingerprint density at radius 2 is 1.44 bits per heavy atom.